The zero-order chi connectivity index (χ0) is 10.2. The summed E-state index contributed by atoms with van der Waals surface area (Å²) < 4.78 is 6.66. The molecule has 0 spiro atoms. The van der Waals surface area contributed by atoms with Crippen LogP contribution in [0.4, 0.5) is 0 Å². The molecule has 0 saturated heterocycles. The number of unbranched alkanes of at least 4 members (excludes halogenated alkanes) is 1. The van der Waals surface area contributed by atoms with E-state index in [0.29, 0.717) is 5.56 Å². The molecule has 1 aromatic carbocycles. The highest BCUT2D eigenvalue weighted by atomic mass is 127. The summed E-state index contributed by atoms with van der Waals surface area (Å²) in [5, 5.41) is 8.67. The molecule has 74 valence electrons. The molecule has 0 heterocycles. The number of hydrogen-bond donors (Lipinski definition) is 0. The number of ether oxygens (including phenoxy) is 1. The Hall–Kier alpha value is -0.760. The fourth-order valence-corrected chi connectivity index (χ4v) is 1.58. The van der Waals surface area contributed by atoms with Gasteiger partial charge >= 0.3 is 0 Å². The third-order valence-electron chi connectivity index (χ3n) is 1.76. The van der Waals surface area contributed by atoms with Gasteiger partial charge in [0.2, 0.25) is 0 Å². The summed E-state index contributed by atoms with van der Waals surface area (Å²) in [5.41, 5.74) is 0.649. The lowest BCUT2D eigenvalue weighted by Crippen LogP contribution is -1.97. The maximum absolute atomic E-state index is 8.67. The maximum Gasteiger partial charge on any atom is 0.120 e. The smallest absolute Gasteiger partial charge is 0.120 e. The summed E-state index contributed by atoms with van der Waals surface area (Å²) >= 11 is 2.35. The molecule has 1 rings (SSSR count). The lowest BCUT2D eigenvalue weighted by molar-refractivity contribution is 0.310. The van der Waals surface area contributed by atoms with E-state index >= 15 is 0 Å². The standard InChI is InChI=1S/C11H12INO/c12-6-1-2-7-14-11-5-3-4-10(8-11)9-13/h3-5,8H,1-2,6-7H2. The van der Waals surface area contributed by atoms with Gasteiger partial charge < -0.3 is 4.74 Å². The molecule has 0 N–H and O–H groups in total. The second-order valence-corrected chi connectivity index (χ2v) is 3.96. The van der Waals surface area contributed by atoms with Crippen LogP contribution in [0.25, 0.3) is 0 Å². The quantitative estimate of drug-likeness (QED) is 0.475. The summed E-state index contributed by atoms with van der Waals surface area (Å²) in [5.74, 6) is 0.789. The Labute approximate surface area is 98.0 Å². The first-order valence-corrected chi connectivity index (χ1v) is 6.08. The molecule has 1 aromatic rings. The number of halogens is 1. The molecule has 14 heavy (non-hydrogen) atoms. The summed E-state index contributed by atoms with van der Waals surface area (Å²) in [7, 11) is 0. The third kappa shape index (κ3) is 3.97. The molecule has 0 amide bonds. The Balaban J connectivity index is 2.39. The average Bonchev–Trinajstić information content (AvgIpc) is 2.25. The molecule has 3 heteroatoms. The maximum atomic E-state index is 8.67. The van der Waals surface area contributed by atoms with Crippen LogP contribution in [-0.4, -0.2) is 11.0 Å². The van der Waals surface area contributed by atoms with Crippen LogP contribution in [0.5, 0.6) is 5.75 Å². The van der Waals surface area contributed by atoms with Gasteiger partial charge in [-0.2, -0.15) is 5.26 Å². The molecule has 0 unspecified atom stereocenters. The van der Waals surface area contributed by atoms with Crippen molar-refractivity contribution in [3.63, 3.8) is 0 Å². The first kappa shape index (κ1) is 11.3. The molecular formula is C11H12INO. The number of nitrogens with zero attached hydrogens (tertiary/aromatic N) is 1. The van der Waals surface area contributed by atoms with Crippen molar-refractivity contribution in [2.75, 3.05) is 11.0 Å². The molecular weight excluding hydrogens is 289 g/mol. The molecule has 0 aliphatic rings. The van der Waals surface area contributed by atoms with Crippen LogP contribution in [0.15, 0.2) is 24.3 Å². The summed E-state index contributed by atoms with van der Waals surface area (Å²) in [6.45, 7) is 0.734. The summed E-state index contributed by atoms with van der Waals surface area (Å²) in [6, 6.07) is 9.35. The van der Waals surface area contributed by atoms with Crippen molar-refractivity contribution in [1.29, 1.82) is 5.26 Å². The van der Waals surface area contributed by atoms with E-state index in [2.05, 4.69) is 28.7 Å². The van der Waals surface area contributed by atoms with Crippen LogP contribution in [-0.2, 0) is 0 Å². The number of nitriles is 1. The predicted octanol–water partition coefficient (Wildman–Crippen LogP) is 3.15. The summed E-state index contributed by atoms with van der Waals surface area (Å²) in [4.78, 5) is 0. The van der Waals surface area contributed by atoms with Crippen molar-refractivity contribution in [2.24, 2.45) is 0 Å². The van der Waals surface area contributed by atoms with Crippen LogP contribution < -0.4 is 4.74 Å². The normalized spacial score (nSPS) is 9.43. The molecule has 0 bridgehead atoms. The van der Waals surface area contributed by atoms with Crippen molar-refractivity contribution in [3.05, 3.63) is 29.8 Å². The van der Waals surface area contributed by atoms with Gasteiger partial charge in [0, 0.05) is 0 Å². The lowest BCUT2D eigenvalue weighted by atomic mass is 10.2. The van der Waals surface area contributed by atoms with Gasteiger partial charge in [-0.3, -0.25) is 0 Å². The summed E-state index contributed by atoms with van der Waals surface area (Å²) in [6.07, 6.45) is 2.25. The van der Waals surface area contributed by atoms with Crippen LogP contribution in [0.2, 0.25) is 0 Å². The second kappa shape index (κ2) is 6.66. The minimum atomic E-state index is 0.649. The predicted molar refractivity (Wildman–Crippen MR) is 64.8 cm³/mol. The van der Waals surface area contributed by atoms with Crippen LogP contribution in [0.3, 0.4) is 0 Å². The van der Waals surface area contributed by atoms with E-state index in [9.17, 15) is 0 Å². The van der Waals surface area contributed by atoms with Gasteiger partial charge in [0.05, 0.1) is 18.2 Å². The van der Waals surface area contributed by atoms with Crippen molar-refractivity contribution in [1.82, 2.24) is 0 Å². The SMILES string of the molecule is N#Cc1cccc(OCCCCI)c1. The highest BCUT2D eigenvalue weighted by molar-refractivity contribution is 14.1. The molecule has 0 atom stereocenters. The molecule has 0 aromatic heterocycles. The van der Waals surface area contributed by atoms with E-state index in [1.807, 2.05) is 12.1 Å². The van der Waals surface area contributed by atoms with Crippen molar-refractivity contribution < 1.29 is 4.74 Å². The minimum absolute atomic E-state index is 0.649. The van der Waals surface area contributed by atoms with Gasteiger partial charge in [-0.15, -0.1) is 0 Å². The van der Waals surface area contributed by atoms with E-state index in [1.54, 1.807) is 12.1 Å². The molecule has 0 aliphatic carbocycles. The highest BCUT2D eigenvalue weighted by Gasteiger charge is 1.95. The van der Waals surface area contributed by atoms with Gasteiger partial charge in [-0.25, -0.2) is 0 Å². The number of alkyl halides is 1. The molecule has 0 fully saturated rings. The highest BCUT2D eigenvalue weighted by Crippen LogP contribution is 2.12. The minimum Gasteiger partial charge on any atom is -0.494 e. The number of rotatable bonds is 5. The molecule has 0 saturated carbocycles. The fraction of sp³-hybridized carbons (Fsp3) is 0.364. The van der Waals surface area contributed by atoms with E-state index in [4.69, 9.17) is 10.00 Å². The van der Waals surface area contributed by atoms with Crippen molar-refractivity contribution in [2.45, 2.75) is 12.8 Å². The number of benzene rings is 1. The Morgan fingerprint density at radius 3 is 2.93 bits per heavy atom. The van der Waals surface area contributed by atoms with Crippen molar-refractivity contribution >= 4 is 22.6 Å². The second-order valence-electron chi connectivity index (χ2n) is 2.88. The first-order valence-electron chi connectivity index (χ1n) is 4.56. The lowest BCUT2D eigenvalue weighted by Gasteiger charge is -2.04. The topological polar surface area (TPSA) is 33.0 Å². The van der Waals surface area contributed by atoms with Gasteiger partial charge in [-0.05, 0) is 35.5 Å². The fourth-order valence-electron chi connectivity index (χ4n) is 1.04. The third-order valence-corrected chi connectivity index (χ3v) is 2.52. The average molecular weight is 301 g/mol. The molecule has 0 radical (unpaired) electrons. The zero-order valence-corrected chi connectivity index (χ0v) is 10.0. The van der Waals surface area contributed by atoms with Crippen LogP contribution >= 0.6 is 22.6 Å². The zero-order valence-electron chi connectivity index (χ0n) is 7.87. The largest absolute Gasteiger partial charge is 0.494 e. The van der Waals surface area contributed by atoms with E-state index in [1.165, 1.54) is 10.8 Å². The van der Waals surface area contributed by atoms with Crippen molar-refractivity contribution in [3.8, 4) is 11.8 Å². The Kier molecular flexibility index (Phi) is 5.38. The van der Waals surface area contributed by atoms with Crippen LogP contribution in [0.1, 0.15) is 18.4 Å². The molecule has 2 nitrogen and oxygen atoms in total. The van der Waals surface area contributed by atoms with E-state index in [0.717, 1.165) is 18.8 Å². The van der Waals surface area contributed by atoms with E-state index in [-0.39, 0.29) is 0 Å². The van der Waals surface area contributed by atoms with Crippen LogP contribution in [0, 0.1) is 11.3 Å². The van der Waals surface area contributed by atoms with E-state index < -0.39 is 0 Å². The number of hydrogen-bond acceptors (Lipinski definition) is 2. The first-order chi connectivity index (χ1) is 6.86. The Bertz CT molecular complexity index is 319. The monoisotopic (exact) mass is 301 g/mol. The van der Waals surface area contributed by atoms with Gasteiger partial charge in [-0.1, -0.05) is 28.7 Å². The Morgan fingerprint density at radius 2 is 2.21 bits per heavy atom. The van der Waals surface area contributed by atoms with Gasteiger partial charge in [0.15, 0.2) is 0 Å². The van der Waals surface area contributed by atoms with Gasteiger partial charge in [0.1, 0.15) is 5.75 Å². The Morgan fingerprint density at radius 1 is 1.36 bits per heavy atom. The molecule has 0 aliphatic heterocycles. The van der Waals surface area contributed by atoms with Gasteiger partial charge in [0.25, 0.3) is 0 Å².